The number of anilines is 1. The Hall–Kier alpha value is -2.80. The quantitative estimate of drug-likeness (QED) is 0.825. The van der Waals surface area contributed by atoms with Crippen LogP contribution in [0.15, 0.2) is 60.7 Å². The van der Waals surface area contributed by atoms with Crippen LogP contribution in [0.25, 0.3) is 0 Å². The van der Waals surface area contributed by atoms with Crippen LogP contribution in [0.4, 0.5) is 5.69 Å². The van der Waals surface area contributed by atoms with Gasteiger partial charge in [-0.15, -0.1) is 0 Å². The minimum Gasteiger partial charge on any atom is -0.385 e. The van der Waals surface area contributed by atoms with E-state index < -0.39 is 6.04 Å². The Morgan fingerprint density at radius 2 is 1.68 bits per heavy atom. The van der Waals surface area contributed by atoms with Crippen molar-refractivity contribution >= 4 is 11.6 Å². The Kier molecular flexibility index (Phi) is 6.01. The number of nitrogens with zero attached hydrogens (tertiary/aromatic N) is 1. The predicted octanol–water partition coefficient (Wildman–Crippen LogP) is 2.74. The molecule has 2 N–H and O–H groups in total. The van der Waals surface area contributed by atoms with Gasteiger partial charge in [0.1, 0.15) is 6.04 Å². The summed E-state index contributed by atoms with van der Waals surface area (Å²) in [7, 11) is 0. The summed E-state index contributed by atoms with van der Waals surface area (Å²) in [4.78, 5) is 11.9. The number of amides is 1. The van der Waals surface area contributed by atoms with E-state index in [1.165, 1.54) is 0 Å². The second-order valence-corrected chi connectivity index (χ2v) is 4.98. The zero-order chi connectivity index (χ0) is 15.6. The lowest BCUT2D eigenvalue weighted by molar-refractivity contribution is -0.121. The molecular weight excluding hydrogens is 274 g/mol. The van der Waals surface area contributed by atoms with Crippen molar-refractivity contribution in [1.29, 1.82) is 5.26 Å². The van der Waals surface area contributed by atoms with Gasteiger partial charge in [0.05, 0.1) is 6.07 Å². The fraction of sp³-hybridized carbons (Fsp3) is 0.222. The second kappa shape index (κ2) is 8.48. The standard InChI is InChI=1S/C18H19N3O/c19-14-17(13-15-7-3-1-4-8-15)21-18(22)11-12-20-16-9-5-2-6-10-16/h1-10,17,20H,11-13H2,(H,21,22)/t17-/m0/s1. The average Bonchev–Trinajstić information content (AvgIpc) is 2.56. The molecule has 1 amide bonds. The first-order valence-corrected chi connectivity index (χ1v) is 7.30. The largest absolute Gasteiger partial charge is 0.385 e. The van der Waals surface area contributed by atoms with E-state index in [0.717, 1.165) is 11.3 Å². The number of carbonyl (C=O) groups excluding carboxylic acids is 1. The van der Waals surface area contributed by atoms with E-state index in [4.69, 9.17) is 5.26 Å². The molecule has 4 nitrogen and oxygen atoms in total. The van der Waals surface area contributed by atoms with Crippen molar-refractivity contribution in [3.63, 3.8) is 0 Å². The number of para-hydroxylation sites is 1. The molecular formula is C18H19N3O. The third-order valence-electron chi connectivity index (χ3n) is 3.23. The van der Waals surface area contributed by atoms with Gasteiger partial charge in [0.15, 0.2) is 0 Å². The van der Waals surface area contributed by atoms with Gasteiger partial charge in [-0.25, -0.2) is 0 Å². The molecule has 0 aliphatic carbocycles. The second-order valence-electron chi connectivity index (χ2n) is 4.98. The monoisotopic (exact) mass is 293 g/mol. The Morgan fingerprint density at radius 1 is 1.05 bits per heavy atom. The van der Waals surface area contributed by atoms with Crippen molar-refractivity contribution in [2.45, 2.75) is 18.9 Å². The summed E-state index contributed by atoms with van der Waals surface area (Å²) in [6.07, 6.45) is 0.858. The van der Waals surface area contributed by atoms with Crippen molar-refractivity contribution in [3.05, 3.63) is 66.2 Å². The highest BCUT2D eigenvalue weighted by molar-refractivity contribution is 5.77. The Balaban J connectivity index is 1.74. The van der Waals surface area contributed by atoms with Crippen LogP contribution in [0, 0.1) is 11.3 Å². The summed E-state index contributed by atoms with van der Waals surface area (Å²) in [5.41, 5.74) is 2.02. The Morgan fingerprint density at radius 3 is 2.32 bits per heavy atom. The molecule has 0 heterocycles. The van der Waals surface area contributed by atoms with Crippen LogP contribution in [0.1, 0.15) is 12.0 Å². The fourth-order valence-electron chi connectivity index (χ4n) is 2.12. The fourth-order valence-corrected chi connectivity index (χ4v) is 2.12. The molecule has 2 aromatic carbocycles. The highest BCUT2D eigenvalue weighted by atomic mass is 16.1. The molecule has 0 saturated heterocycles. The van der Waals surface area contributed by atoms with Gasteiger partial charge in [0.25, 0.3) is 0 Å². The summed E-state index contributed by atoms with van der Waals surface area (Å²) in [6.45, 7) is 0.541. The van der Waals surface area contributed by atoms with Crippen molar-refractivity contribution < 1.29 is 4.79 Å². The summed E-state index contributed by atoms with van der Waals surface area (Å²) in [5, 5.41) is 15.1. The number of nitrogens with one attached hydrogen (secondary N) is 2. The zero-order valence-electron chi connectivity index (χ0n) is 12.3. The first kappa shape index (κ1) is 15.6. The van der Waals surface area contributed by atoms with E-state index in [1.807, 2.05) is 60.7 Å². The molecule has 4 heteroatoms. The van der Waals surface area contributed by atoms with Crippen LogP contribution in [-0.2, 0) is 11.2 Å². The summed E-state index contributed by atoms with van der Waals surface area (Å²) in [6, 6.07) is 21.0. The smallest absolute Gasteiger partial charge is 0.222 e. The molecule has 0 aliphatic rings. The molecule has 2 aromatic rings. The first-order chi connectivity index (χ1) is 10.8. The van der Waals surface area contributed by atoms with Crippen LogP contribution >= 0.6 is 0 Å². The van der Waals surface area contributed by atoms with Crippen molar-refractivity contribution in [2.24, 2.45) is 0 Å². The number of nitriles is 1. The van der Waals surface area contributed by atoms with Crippen molar-refractivity contribution in [3.8, 4) is 6.07 Å². The van der Waals surface area contributed by atoms with Gasteiger partial charge in [-0.05, 0) is 17.7 Å². The molecule has 112 valence electrons. The lowest BCUT2D eigenvalue weighted by Gasteiger charge is -2.12. The summed E-state index contributed by atoms with van der Waals surface area (Å²) >= 11 is 0. The van der Waals surface area contributed by atoms with E-state index >= 15 is 0 Å². The van der Waals surface area contributed by atoms with E-state index in [-0.39, 0.29) is 5.91 Å². The molecule has 0 radical (unpaired) electrons. The van der Waals surface area contributed by atoms with E-state index in [0.29, 0.717) is 19.4 Å². The Bertz CT molecular complexity index is 620. The first-order valence-electron chi connectivity index (χ1n) is 7.30. The zero-order valence-corrected chi connectivity index (χ0v) is 12.3. The lowest BCUT2D eigenvalue weighted by Crippen LogP contribution is -2.36. The highest BCUT2D eigenvalue weighted by Crippen LogP contribution is 2.05. The molecule has 1 atom stereocenters. The highest BCUT2D eigenvalue weighted by Gasteiger charge is 2.11. The number of rotatable bonds is 7. The van der Waals surface area contributed by atoms with Gasteiger partial charge in [0.2, 0.25) is 5.91 Å². The number of carbonyl (C=O) groups is 1. The Labute approximate surface area is 130 Å². The van der Waals surface area contributed by atoms with Crippen molar-refractivity contribution in [1.82, 2.24) is 5.32 Å². The molecule has 0 unspecified atom stereocenters. The molecule has 0 aromatic heterocycles. The minimum absolute atomic E-state index is 0.120. The van der Waals surface area contributed by atoms with E-state index in [2.05, 4.69) is 16.7 Å². The van der Waals surface area contributed by atoms with Crippen LogP contribution in [0.2, 0.25) is 0 Å². The minimum atomic E-state index is -0.494. The van der Waals surface area contributed by atoms with Crippen LogP contribution < -0.4 is 10.6 Å². The number of hydrogen-bond acceptors (Lipinski definition) is 3. The molecule has 0 fully saturated rings. The molecule has 0 bridgehead atoms. The lowest BCUT2D eigenvalue weighted by atomic mass is 10.1. The maximum atomic E-state index is 11.9. The predicted molar refractivity (Wildman–Crippen MR) is 87.2 cm³/mol. The topological polar surface area (TPSA) is 64.9 Å². The van der Waals surface area contributed by atoms with Crippen LogP contribution in [-0.4, -0.2) is 18.5 Å². The maximum absolute atomic E-state index is 11.9. The number of benzene rings is 2. The van der Waals surface area contributed by atoms with Crippen molar-refractivity contribution in [2.75, 3.05) is 11.9 Å². The average molecular weight is 293 g/mol. The van der Waals surface area contributed by atoms with Gasteiger partial charge in [0, 0.05) is 25.1 Å². The maximum Gasteiger partial charge on any atom is 0.222 e. The summed E-state index contributed by atoms with van der Waals surface area (Å²) in [5.74, 6) is -0.120. The third kappa shape index (κ3) is 5.29. The molecule has 22 heavy (non-hydrogen) atoms. The summed E-state index contributed by atoms with van der Waals surface area (Å²) < 4.78 is 0. The van der Waals surface area contributed by atoms with Gasteiger partial charge >= 0.3 is 0 Å². The van der Waals surface area contributed by atoms with Gasteiger partial charge in [-0.3, -0.25) is 4.79 Å². The number of hydrogen-bond donors (Lipinski definition) is 2. The van der Waals surface area contributed by atoms with Crippen LogP contribution in [0.3, 0.4) is 0 Å². The molecule has 0 spiro atoms. The van der Waals surface area contributed by atoms with Gasteiger partial charge < -0.3 is 10.6 Å². The molecule has 0 aliphatic heterocycles. The van der Waals surface area contributed by atoms with Crippen LogP contribution in [0.5, 0.6) is 0 Å². The van der Waals surface area contributed by atoms with Gasteiger partial charge in [-0.2, -0.15) is 5.26 Å². The van der Waals surface area contributed by atoms with E-state index in [9.17, 15) is 4.79 Å². The molecule has 0 saturated carbocycles. The van der Waals surface area contributed by atoms with E-state index in [1.54, 1.807) is 0 Å². The third-order valence-corrected chi connectivity index (χ3v) is 3.23. The molecule has 2 rings (SSSR count). The van der Waals surface area contributed by atoms with Gasteiger partial charge in [-0.1, -0.05) is 48.5 Å². The SMILES string of the molecule is N#C[C@H](Cc1ccccc1)NC(=O)CCNc1ccccc1. The normalized spacial score (nSPS) is 11.2.